The molecule has 0 radical (unpaired) electrons. The predicted molar refractivity (Wildman–Crippen MR) is 78.5 cm³/mol. The number of hydrogen-bond donors (Lipinski definition) is 1. The summed E-state index contributed by atoms with van der Waals surface area (Å²) in [4.78, 5) is 0.674. The maximum Gasteiger partial charge on any atom is 0.133 e. The van der Waals surface area contributed by atoms with Crippen LogP contribution in [0.25, 0.3) is 0 Å². The highest BCUT2D eigenvalue weighted by atomic mass is 32.1. The average molecular weight is 252 g/mol. The van der Waals surface area contributed by atoms with E-state index in [1.165, 1.54) is 5.57 Å². The van der Waals surface area contributed by atoms with Crippen molar-refractivity contribution in [3.05, 3.63) is 23.0 Å². The smallest absolute Gasteiger partial charge is 0.133 e. The van der Waals surface area contributed by atoms with E-state index < -0.39 is 0 Å². The van der Waals surface area contributed by atoms with Gasteiger partial charge >= 0.3 is 0 Å². The van der Waals surface area contributed by atoms with Crippen LogP contribution in [0.15, 0.2) is 23.0 Å². The lowest BCUT2D eigenvalue weighted by molar-refractivity contribution is 0.376. The SMILES string of the molecule is CC(C)(C)CC1=CCC(=S)C(O)=C1C(C)(C)C. The Morgan fingerprint density at radius 3 is 2.12 bits per heavy atom. The molecule has 0 unspecified atom stereocenters. The Morgan fingerprint density at radius 1 is 1.18 bits per heavy atom. The van der Waals surface area contributed by atoms with Gasteiger partial charge in [-0.15, -0.1) is 0 Å². The highest BCUT2D eigenvalue weighted by Gasteiger charge is 2.30. The molecule has 1 aliphatic carbocycles. The Hall–Kier alpha value is -0.630. The van der Waals surface area contributed by atoms with Gasteiger partial charge in [-0.05, 0) is 22.8 Å². The number of aliphatic hydroxyl groups excluding tert-OH is 1. The second-order valence-corrected chi connectivity index (χ2v) is 7.56. The Balaban J connectivity index is 3.18. The van der Waals surface area contributed by atoms with Gasteiger partial charge < -0.3 is 5.11 Å². The van der Waals surface area contributed by atoms with E-state index >= 15 is 0 Å². The lowest BCUT2D eigenvalue weighted by Crippen LogP contribution is -2.22. The molecule has 0 aliphatic heterocycles. The fourth-order valence-electron chi connectivity index (χ4n) is 2.27. The molecule has 0 aromatic rings. The van der Waals surface area contributed by atoms with Crippen LogP contribution in [0.2, 0.25) is 0 Å². The molecule has 0 saturated carbocycles. The molecule has 0 atom stereocenters. The van der Waals surface area contributed by atoms with Crippen molar-refractivity contribution < 1.29 is 5.11 Å². The Kier molecular flexibility index (Phi) is 3.87. The summed E-state index contributed by atoms with van der Waals surface area (Å²) in [6.45, 7) is 13.0. The Labute approximate surface area is 111 Å². The molecule has 0 heterocycles. The maximum absolute atomic E-state index is 10.2. The van der Waals surface area contributed by atoms with E-state index in [1.807, 2.05) is 0 Å². The van der Waals surface area contributed by atoms with Gasteiger partial charge in [0.1, 0.15) is 5.76 Å². The molecule has 0 spiro atoms. The van der Waals surface area contributed by atoms with E-state index in [0.717, 1.165) is 12.0 Å². The van der Waals surface area contributed by atoms with Crippen LogP contribution in [0.4, 0.5) is 0 Å². The van der Waals surface area contributed by atoms with Gasteiger partial charge in [0.25, 0.3) is 0 Å². The van der Waals surface area contributed by atoms with E-state index in [0.29, 0.717) is 17.0 Å². The quantitative estimate of drug-likeness (QED) is 0.664. The predicted octanol–water partition coefficient (Wildman–Crippen LogP) is 4.98. The van der Waals surface area contributed by atoms with Gasteiger partial charge in [0.15, 0.2) is 0 Å². The Bertz CT molecular complexity index is 386. The van der Waals surface area contributed by atoms with Crippen LogP contribution in [0, 0.1) is 10.8 Å². The van der Waals surface area contributed by atoms with E-state index in [4.69, 9.17) is 12.2 Å². The third kappa shape index (κ3) is 3.67. The highest BCUT2D eigenvalue weighted by Crippen LogP contribution is 2.41. The minimum atomic E-state index is -0.0638. The minimum Gasteiger partial charge on any atom is -0.506 e. The van der Waals surface area contributed by atoms with Crippen LogP contribution >= 0.6 is 12.2 Å². The number of aliphatic hydroxyl groups is 1. The van der Waals surface area contributed by atoms with Gasteiger partial charge in [-0.2, -0.15) is 0 Å². The largest absolute Gasteiger partial charge is 0.506 e. The summed E-state index contributed by atoms with van der Waals surface area (Å²) < 4.78 is 0. The topological polar surface area (TPSA) is 20.2 Å². The molecule has 1 aliphatic rings. The molecular formula is C15H24OS. The second-order valence-electron chi connectivity index (χ2n) is 7.07. The van der Waals surface area contributed by atoms with E-state index in [-0.39, 0.29) is 10.8 Å². The third-order valence-electron chi connectivity index (χ3n) is 2.83. The zero-order chi connectivity index (χ0) is 13.4. The molecule has 17 heavy (non-hydrogen) atoms. The van der Waals surface area contributed by atoms with Crippen molar-refractivity contribution in [1.29, 1.82) is 0 Å². The summed E-state index contributed by atoms with van der Waals surface area (Å²) in [6, 6.07) is 0. The molecule has 0 aromatic carbocycles. The number of rotatable bonds is 1. The van der Waals surface area contributed by atoms with Crippen molar-refractivity contribution in [1.82, 2.24) is 0 Å². The Morgan fingerprint density at radius 2 is 1.71 bits per heavy atom. The molecule has 0 aromatic heterocycles. The van der Waals surface area contributed by atoms with Crippen molar-refractivity contribution in [3.8, 4) is 0 Å². The average Bonchev–Trinajstić information content (AvgIpc) is 2.06. The van der Waals surface area contributed by atoms with Crippen LogP contribution in [0.5, 0.6) is 0 Å². The number of thiocarbonyl (C=S) groups is 1. The van der Waals surface area contributed by atoms with Gasteiger partial charge in [0.05, 0.1) is 4.86 Å². The maximum atomic E-state index is 10.2. The van der Waals surface area contributed by atoms with Crippen molar-refractivity contribution in [2.75, 3.05) is 0 Å². The fraction of sp³-hybridized carbons (Fsp3) is 0.667. The molecule has 0 bridgehead atoms. The van der Waals surface area contributed by atoms with Crippen LogP contribution in [0.1, 0.15) is 54.4 Å². The first-order chi connectivity index (χ1) is 7.52. The molecule has 1 rings (SSSR count). The van der Waals surface area contributed by atoms with Crippen molar-refractivity contribution in [2.24, 2.45) is 10.8 Å². The zero-order valence-corrected chi connectivity index (χ0v) is 12.7. The third-order valence-corrected chi connectivity index (χ3v) is 3.19. The first-order valence-corrected chi connectivity index (χ1v) is 6.59. The summed E-state index contributed by atoms with van der Waals surface area (Å²) in [7, 11) is 0. The molecule has 0 fully saturated rings. The van der Waals surface area contributed by atoms with Crippen LogP contribution in [0.3, 0.4) is 0 Å². The first-order valence-electron chi connectivity index (χ1n) is 6.19. The normalized spacial score (nSPS) is 18.5. The molecular weight excluding hydrogens is 228 g/mol. The van der Waals surface area contributed by atoms with Gasteiger partial charge in [-0.1, -0.05) is 59.8 Å². The zero-order valence-electron chi connectivity index (χ0n) is 11.8. The number of allylic oxidation sites excluding steroid dienone is 4. The monoisotopic (exact) mass is 252 g/mol. The molecule has 1 N–H and O–H groups in total. The van der Waals surface area contributed by atoms with E-state index in [9.17, 15) is 5.11 Å². The lowest BCUT2D eigenvalue weighted by Gasteiger charge is -2.32. The molecule has 1 nitrogen and oxygen atoms in total. The van der Waals surface area contributed by atoms with Gasteiger partial charge in [-0.3, -0.25) is 0 Å². The first kappa shape index (κ1) is 14.4. The van der Waals surface area contributed by atoms with Crippen molar-refractivity contribution in [2.45, 2.75) is 54.4 Å². The molecule has 0 amide bonds. The van der Waals surface area contributed by atoms with Crippen LogP contribution in [-0.2, 0) is 0 Å². The fourth-order valence-corrected chi connectivity index (χ4v) is 2.46. The van der Waals surface area contributed by atoms with Gasteiger partial charge in [0.2, 0.25) is 0 Å². The van der Waals surface area contributed by atoms with Crippen molar-refractivity contribution >= 4 is 17.1 Å². The summed E-state index contributed by atoms with van der Waals surface area (Å²) in [5.74, 6) is 0.342. The summed E-state index contributed by atoms with van der Waals surface area (Å²) in [5, 5.41) is 10.2. The summed E-state index contributed by atoms with van der Waals surface area (Å²) in [5.41, 5.74) is 2.45. The molecule has 0 saturated heterocycles. The molecule has 96 valence electrons. The van der Waals surface area contributed by atoms with E-state index in [1.54, 1.807) is 0 Å². The summed E-state index contributed by atoms with van der Waals surface area (Å²) in [6.07, 6.45) is 3.87. The molecule has 2 heteroatoms. The van der Waals surface area contributed by atoms with Gasteiger partial charge in [0, 0.05) is 12.0 Å². The highest BCUT2D eigenvalue weighted by molar-refractivity contribution is 7.80. The van der Waals surface area contributed by atoms with Crippen molar-refractivity contribution in [3.63, 3.8) is 0 Å². The lowest BCUT2D eigenvalue weighted by atomic mass is 9.73. The second kappa shape index (κ2) is 4.56. The summed E-state index contributed by atoms with van der Waals surface area (Å²) >= 11 is 5.22. The van der Waals surface area contributed by atoms with Gasteiger partial charge in [-0.25, -0.2) is 0 Å². The number of hydrogen-bond acceptors (Lipinski definition) is 2. The van der Waals surface area contributed by atoms with Crippen LogP contribution < -0.4 is 0 Å². The van der Waals surface area contributed by atoms with E-state index in [2.05, 4.69) is 47.6 Å². The van der Waals surface area contributed by atoms with Crippen LogP contribution in [-0.4, -0.2) is 9.97 Å². The standard InChI is InChI=1S/C15H24OS/c1-14(2,3)9-10-7-8-11(17)13(16)12(10)15(4,5)6/h7,16H,8-9H2,1-6H3. The minimum absolute atomic E-state index is 0.0638.